The molecule has 1 aromatic carbocycles. The quantitative estimate of drug-likeness (QED) is 0.728. The van der Waals surface area contributed by atoms with Gasteiger partial charge in [0, 0.05) is 42.0 Å². The van der Waals surface area contributed by atoms with Gasteiger partial charge in [-0.1, -0.05) is 6.07 Å². The summed E-state index contributed by atoms with van der Waals surface area (Å²) in [6.45, 7) is 2.76. The Morgan fingerprint density at radius 3 is 2.83 bits per heavy atom. The van der Waals surface area contributed by atoms with Gasteiger partial charge >= 0.3 is 0 Å². The summed E-state index contributed by atoms with van der Waals surface area (Å²) in [5, 5.41) is 1.02. The highest BCUT2D eigenvalue weighted by Crippen LogP contribution is 2.25. The molecule has 0 amide bonds. The van der Waals surface area contributed by atoms with Gasteiger partial charge in [-0.05, 0) is 55.6 Å². The molecule has 1 atom stereocenters. The van der Waals surface area contributed by atoms with Crippen molar-refractivity contribution < 1.29 is 0 Å². The molecule has 5 nitrogen and oxygen atoms in total. The first kappa shape index (κ1) is 16.5. The fourth-order valence-electron chi connectivity index (χ4n) is 2.82. The highest BCUT2D eigenvalue weighted by molar-refractivity contribution is 5.84. The molecule has 3 rings (SSSR count). The Balaban J connectivity index is 1.85. The summed E-state index contributed by atoms with van der Waals surface area (Å²) < 4.78 is 0. The molecule has 0 bridgehead atoms. The van der Waals surface area contributed by atoms with Crippen LogP contribution in [0.15, 0.2) is 42.9 Å². The van der Waals surface area contributed by atoms with E-state index in [9.17, 15) is 0 Å². The summed E-state index contributed by atoms with van der Waals surface area (Å²) in [7, 11) is 0. The Bertz CT molecular complexity index is 831. The molecule has 3 aromatic rings. The molecule has 0 radical (unpaired) electrons. The van der Waals surface area contributed by atoms with Crippen LogP contribution in [0.25, 0.3) is 22.0 Å². The zero-order valence-corrected chi connectivity index (χ0v) is 13.9. The van der Waals surface area contributed by atoms with E-state index < -0.39 is 0 Å². The minimum absolute atomic E-state index is 0.0586. The number of benzene rings is 1. The van der Waals surface area contributed by atoms with Crippen LogP contribution in [0, 0.1) is 6.92 Å². The molecule has 0 fully saturated rings. The van der Waals surface area contributed by atoms with E-state index in [2.05, 4.69) is 34.0 Å². The number of nitrogens with zero attached hydrogens (tertiary/aromatic N) is 3. The van der Waals surface area contributed by atoms with Gasteiger partial charge in [0.15, 0.2) is 0 Å². The molecule has 0 spiro atoms. The molecule has 0 saturated heterocycles. The minimum atomic E-state index is 0.0586. The van der Waals surface area contributed by atoms with Crippen LogP contribution >= 0.6 is 0 Å². The molecule has 5 heteroatoms. The number of nitrogens with two attached hydrogens (primary N) is 2. The van der Waals surface area contributed by atoms with Gasteiger partial charge in [0.1, 0.15) is 5.82 Å². The van der Waals surface area contributed by atoms with Crippen molar-refractivity contribution in [1.82, 2.24) is 15.0 Å². The minimum Gasteiger partial charge on any atom is -0.330 e. The van der Waals surface area contributed by atoms with Crippen molar-refractivity contribution >= 4 is 10.9 Å². The molecule has 4 N–H and O–H groups in total. The van der Waals surface area contributed by atoms with Crippen molar-refractivity contribution in [2.75, 3.05) is 6.54 Å². The van der Waals surface area contributed by atoms with Crippen LogP contribution in [0.3, 0.4) is 0 Å². The van der Waals surface area contributed by atoms with Crippen LogP contribution in [0.2, 0.25) is 0 Å². The topological polar surface area (TPSA) is 90.7 Å². The van der Waals surface area contributed by atoms with Gasteiger partial charge in [-0.15, -0.1) is 0 Å². The van der Waals surface area contributed by atoms with E-state index in [-0.39, 0.29) is 6.04 Å². The molecule has 24 heavy (non-hydrogen) atoms. The van der Waals surface area contributed by atoms with Crippen LogP contribution < -0.4 is 11.5 Å². The summed E-state index contributed by atoms with van der Waals surface area (Å²) in [4.78, 5) is 13.3. The fourth-order valence-corrected chi connectivity index (χ4v) is 2.82. The second kappa shape index (κ2) is 7.47. The lowest BCUT2D eigenvalue weighted by Crippen LogP contribution is -2.24. The summed E-state index contributed by atoms with van der Waals surface area (Å²) in [5.74, 6) is 0.789. The van der Waals surface area contributed by atoms with Gasteiger partial charge in [-0.25, -0.2) is 9.97 Å². The number of rotatable bonds is 6. The summed E-state index contributed by atoms with van der Waals surface area (Å²) >= 11 is 0. The maximum atomic E-state index is 6.11. The Hall–Kier alpha value is -2.37. The number of aryl methyl sites for hydroxylation is 1. The average Bonchev–Trinajstić information content (AvgIpc) is 2.60. The molecule has 2 aromatic heterocycles. The van der Waals surface area contributed by atoms with Crippen molar-refractivity contribution in [2.24, 2.45) is 11.5 Å². The number of hydrogen-bond donors (Lipinski definition) is 2. The van der Waals surface area contributed by atoms with E-state index in [4.69, 9.17) is 11.5 Å². The lowest BCUT2D eigenvalue weighted by atomic mass is 10.0. The number of hydrogen-bond acceptors (Lipinski definition) is 5. The summed E-state index contributed by atoms with van der Waals surface area (Å²) in [6, 6.07) is 8.30. The lowest BCUT2D eigenvalue weighted by Gasteiger charge is -2.11. The zero-order chi connectivity index (χ0) is 16.9. The van der Waals surface area contributed by atoms with E-state index >= 15 is 0 Å². The maximum absolute atomic E-state index is 6.11. The molecular formula is C19H23N5. The van der Waals surface area contributed by atoms with Gasteiger partial charge in [-0.2, -0.15) is 0 Å². The van der Waals surface area contributed by atoms with Crippen molar-refractivity contribution in [3.05, 3.63) is 54.2 Å². The van der Waals surface area contributed by atoms with Crippen LogP contribution in [0.4, 0.5) is 0 Å². The largest absolute Gasteiger partial charge is 0.330 e. The van der Waals surface area contributed by atoms with Crippen LogP contribution in [0.1, 0.15) is 24.2 Å². The van der Waals surface area contributed by atoms with Crippen molar-refractivity contribution in [3.8, 4) is 11.1 Å². The predicted molar refractivity (Wildman–Crippen MR) is 97.5 cm³/mol. The molecule has 0 aliphatic carbocycles. The third-order valence-electron chi connectivity index (χ3n) is 4.20. The fraction of sp³-hybridized carbons (Fsp3) is 0.316. The number of fused-ring (bicyclic) bond motifs is 1. The molecule has 124 valence electrons. The summed E-state index contributed by atoms with van der Waals surface area (Å²) in [6.07, 6.45) is 8.09. The normalized spacial score (nSPS) is 12.5. The van der Waals surface area contributed by atoms with Crippen LogP contribution in [-0.2, 0) is 6.42 Å². The first-order valence-corrected chi connectivity index (χ1v) is 8.29. The van der Waals surface area contributed by atoms with Crippen LogP contribution in [0.5, 0.6) is 0 Å². The van der Waals surface area contributed by atoms with E-state index in [0.29, 0.717) is 13.0 Å². The second-order valence-corrected chi connectivity index (χ2v) is 6.15. The Kier molecular flexibility index (Phi) is 5.13. The van der Waals surface area contributed by atoms with Gasteiger partial charge in [0.25, 0.3) is 0 Å². The highest BCUT2D eigenvalue weighted by atomic mass is 14.9. The summed E-state index contributed by atoms with van der Waals surface area (Å²) in [5.41, 5.74) is 16.0. The van der Waals surface area contributed by atoms with Gasteiger partial charge in [0.05, 0.1) is 5.52 Å². The third-order valence-corrected chi connectivity index (χ3v) is 4.20. The molecule has 0 aliphatic rings. The van der Waals surface area contributed by atoms with E-state index in [0.717, 1.165) is 40.7 Å². The zero-order valence-electron chi connectivity index (χ0n) is 13.9. The number of aromatic nitrogens is 3. The maximum Gasteiger partial charge on any atom is 0.130 e. The monoisotopic (exact) mass is 321 g/mol. The first-order valence-electron chi connectivity index (χ1n) is 8.29. The Morgan fingerprint density at radius 1 is 1.17 bits per heavy atom. The molecule has 0 aliphatic heterocycles. The van der Waals surface area contributed by atoms with Gasteiger partial charge in [-0.3, -0.25) is 4.98 Å². The molecule has 2 heterocycles. The standard InChI is InChI=1S/C19H23N5/c1-13-6-8-22-12-17(13)14-4-5-18-15(9-14)11-23-19(24-18)10-16(21)3-2-7-20/h4-6,8-9,11-12,16H,2-3,7,10,20-21H2,1H3. The van der Waals surface area contributed by atoms with Gasteiger partial charge in [0.2, 0.25) is 0 Å². The Morgan fingerprint density at radius 2 is 2.04 bits per heavy atom. The molecule has 0 saturated carbocycles. The third kappa shape index (κ3) is 3.75. The molecule has 1 unspecified atom stereocenters. The van der Waals surface area contributed by atoms with E-state index in [1.54, 1.807) is 0 Å². The Labute approximate surface area is 142 Å². The smallest absolute Gasteiger partial charge is 0.130 e. The van der Waals surface area contributed by atoms with E-state index in [1.165, 1.54) is 5.56 Å². The number of pyridine rings is 1. The first-order chi connectivity index (χ1) is 11.7. The predicted octanol–water partition coefficient (Wildman–Crippen LogP) is 2.61. The van der Waals surface area contributed by atoms with Crippen molar-refractivity contribution in [1.29, 1.82) is 0 Å². The highest BCUT2D eigenvalue weighted by Gasteiger charge is 2.08. The molecular weight excluding hydrogens is 298 g/mol. The lowest BCUT2D eigenvalue weighted by molar-refractivity contribution is 0.573. The average molecular weight is 321 g/mol. The second-order valence-electron chi connectivity index (χ2n) is 6.15. The SMILES string of the molecule is Cc1ccncc1-c1ccc2nc(CC(N)CCCN)ncc2c1. The van der Waals surface area contributed by atoms with E-state index in [1.807, 2.05) is 30.7 Å². The van der Waals surface area contributed by atoms with Crippen molar-refractivity contribution in [3.63, 3.8) is 0 Å². The van der Waals surface area contributed by atoms with Gasteiger partial charge < -0.3 is 11.5 Å². The van der Waals surface area contributed by atoms with Crippen LogP contribution in [-0.4, -0.2) is 27.5 Å². The van der Waals surface area contributed by atoms with Crippen molar-refractivity contribution in [2.45, 2.75) is 32.2 Å².